The number of nitrogens with one attached hydrogen (secondary N) is 1. The standard InChI is InChI=1S/C14H16BrN3O/c1-2-4-17-12-3-5-18-13(7-12)10-19-14-6-11(15)8-16-9-14/h3,5-9H,2,4,10H2,1H3,(H,17,18). The molecular formula is C14H16BrN3O. The molecule has 0 aliphatic carbocycles. The topological polar surface area (TPSA) is 47.0 Å². The van der Waals surface area contributed by atoms with Gasteiger partial charge in [0, 0.05) is 29.1 Å². The van der Waals surface area contributed by atoms with Gasteiger partial charge < -0.3 is 10.1 Å². The maximum atomic E-state index is 5.65. The van der Waals surface area contributed by atoms with Crippen LogP contribution in [0.4, 0.5) is 5.69 Å². The van der Waals surface area contributed by atoms with Gasteiger partial charge in [-0.1, -0.05) is 6.92 Å². The summed E-state index contributed by atoms with van der Waals surface area (Å²) in [7, 11) is 0. The molecule has 100 valence electrons. The van der Waals surface area contributed by atoms with E-state index in [4.69, 9.17) is 4.74 Å². The molecule has 2 rings (SSSR count). The highest BCUT2D eigenvalue weighted by Crippen LogP contribution is 2.17. The highest BCUT2D eigenvalue weighted by molar-refractivity contribution is 9.10. The van der Waals surface area contributed by atoms with Gasteiger partial charge in [-0.05, 0) is 40.5 Å². The van der Waals surface area contributed by atoms with Gasteiger partial charge in [0.2, 0.25) is 0 Å². The van der Waals surface area contributed by atoms with Gasteiger partial charge in [-0.2, -0.15) is 0 Å². The van der Waals surface area contributed by atoms with Gasteiger partial charge in [-0.25, -0.2) is 0 Å². The molecule has 0 aliphatic heterocycles. The molecule has 0 bridgehead atoms. The summed E-state index contributed by atoms with van der Waals surface area (Å²) in [4.78, 5) is 8.34. The molecule has 0 radical (unpaired) electrons. The van der Waals surface area contributed by atoms with E-state index in [1.165, 1.54) is 0 Å². The minimum absolute atomic E-state index is 0.430. The number of pyridine rings is 2. The summed E-state index contributed by atoms with van der Waals surface area (Å²) >= 11 is 3.36. The quantitative estimate of drug-likeness (QED) is 0.882. The van der Waals surface area contributed by atoms with Crippen LogP contribution in [0.2, 0.25) is 0 Å². The molecule has 1 N–H and O–H groups in total. The molecule has 0 amide bonds. The SMILES string of the molecule is CCCNc1ccnc(COc2cncc(Br)c2)c1. The first-order valence-corrected chi connectivity index (χ1v) is 6.99. The molecule has 2 aromatic heterocycles. The Labute approximate surface area is 121 Å². The number of rotatable bonds is 6. The zero-order chi connectivity index (χ0) is 13.5. The average molecular weight is 322 g/mol. The smallest absolute Gasteiger partial charge is 0.139 e. The Morgan fingerprint density at radius 1 is 1.32 bits per heavy atom. The molecule has 0 unspecified atom stereocenters. The molecule has 0 atom stereocenters. The maximum Gasteiger partial charge on any atom is 0.139 e. The molecular weight excluding hydrogens is 306 g/mol. The van der Waals surface area contributed by atoms with Gasteiger partial charge in [-0.3, -0.25) is 9.97 Å². The minimum atomic E-state index is 0.430. The zero-order valence-corrected chi connectivity index (χ0v) is 12.4. The van der Waals surface area contributed by atoms with Crippen LogP contribution < -0.4 is 10.1 Å². The normalized spacial score (nSPS) is 10.2. The monoisotopic (exact) mass is 321 g/mol. The van der Waals surface area contributed by atoms with E-state index in [1.807, 2.05) is 18.2 Å². The Hall–Kier alpha value is -1.62. The third kappa shape index (κ3) is 4.52. The molecule has 0 aliphatic rings. The minimum Gasteiger partial charge on any atom is -0.486 e. The van der Waals surface area contributed by atoms with Crippen LogP contribution in [0.25, 0.3) is 0 Å². The van der Waals surface area contributed by atoms with Gasteiger partial charge in [0.15, 0.2) is 0 Å². The third-order valence-corrected chi connectivity index (χ3v) is 2.90. The molecule has 19 heavy (non-hydrogen) atoms. The van der Waals surface area contributed by atoms with Crippen molar-refractivity contribution in [1.29, 1.82) is 0 Å². The predicted molar refractivity (Wildman–Crippen MR) is 79.3 cm³/mol. The highest BCUT2D eigenvalue weighted by Gasteiger charge is 2.00. The van der Waals surface area contributed by atoms with Gasteiger partial charge in [0.05, 0.1) is 11.9 Å². The van der Waals surface area contributed by atoms with Crippen LogP contribution in [0.3, 0.4) is 0 Å². The Morgan fingerprint density at radius 2 is 2.21 bits per heavy atom. The molecule has 0 saturated heterocycles. The maximum absolute atomic E-state index is 5.65. The molecule has 5 heteroatoms. The number of hydrogen-bond donors (Lipinski definition) is 1. The summed E-state index contributed by atoms with van der Waals surface area (Å²) in [5, 5.41) is 3.33. The summed E-state index contributed by atoms with van der Waals surface area (Å²) in [6, 6.07) is 5.84. The van der Waals surface area contributed by atoms with E-state index in [0.29, 0.717) is 6.61 Å². The summed E-state index contributed by atoms with van der Waals surface area (Å²) in [5.41, 5.74) is 1.96. The van der Waals surface area contributed by atoms with Crippen molar-refractivity contribution in [3.63, 3.8) is 0 Å². The fraction of sp³-hybridized carbons (Fsp3) is 0.286. The molecule has 0 aromatic carbocycles. The van der Waals surface area contributed by atoms with Crippen LogP contribution in [-0.2, 0) is 6.61 Å². The van der Waals surface area contributed by atoms with Crippen molar-refractivity contribution in [3.05, 3.63) is 47.0 Å². The lowest BCUT2D eigenvalue weighted by Gasteiger charge is -2.08. The predicted octanol–water partition coefficient (Wildman–Crippen LogP) is 3.64. The number of aromatic nitrogens is 2. The van der Waals surface area contributed by atoms with E-state index in [2.05, 4.69) is 38.1 Å². The largest absolute Gasteiger partial charge is 0.486 e. The lowest BCUT2D eigenvalue weighted by atomic mass is 10.3. The van der Waals surface area contributed by atoms with E-state index in [9.17, 15) is 0 Å². The van der Waals surface area contributed by atoms with Crippen LogP contribution in [0.5, 0.6) is 5.75 Å². The average Bonchev–Trinajstić information content (AvgIpc) is 2.43. The first-order chi connectivity index (χ1) is 9.28. The summed E-state index contributed by atoms with van der Waals surface area (Å²) < 4.78 is 6.55. The first-order valence-electron chi connectivity index (χ1n) is 6.20. The van der Waals surface area contributed by atoms with Gasteiger partial charge in [0.25, 0.3) is 0 Å². The van der Waals surface area contributed by atoms with Crippen LogP contribution in [0.1, 0.15) is 19.0 Å². The Bertz CT molecular complexity index is 534. The van der Waals surface area contributed by atoms with E-state index in [0.717, 1.165) is 34.6 Å². The van der Waals surface area contributed by atoms with Gasteiger partial charge in [-0.15, -0.1) is 0 Å². The fourth-order valence-corrected chi connectivity index (χ4v) is 1.91. The van der Waals surface area contributed by atoms with E-state index in [1.54, 1.807) is 18.6 Å². The van der Waals surface area contributed by atoms with Crippen molar-refractivity contribution < 1.29 is 4.74 Å². The molecule has 4 nitrogen and oxygen atoms in total. The number of nitrogens with zero attached hydrogens (tertiary/aromatic N) is 2. The van der Waals surface area contributed by atoms with Crippen molar-refractivity contribution in [2.24, 2.45) is 0 Å². The van der Waals surface area contributed by atoms with E-state index in [-0.39, 0.29) is 0 Å². The van der Waals surface area contributed by atoms with Crippen molar-refractivity contribution in [2.75, 3.05) is 11.9 Å². The second-order valence-electron chi connectivity index (χ2n) is 4.09. The Balaban J connectivity index is 1.95. The summed E-state index contributed by atoms with van der Waals surface area (Å²) in [6.45, 7) is 3.53. The third-order valence-electron chi connectivity index (χ3n) is 2.46. The van der Waals surface area contributed by atoms with Crippen LogP contribution >= 0.6 is 15.9 Å². The molecule has 2 heterocycles. The molecule has 0 fully saturated rings. The Morgan fingerprint density at radius 3 is 3.00 bits per heavy atom. The summed E-state index contributed by atoms with van der Waals surface area (Å²) in [5.74, 6) is 0.725. The fourth-order valence-electron chi connectivity index (χ4n) is 1.56. The number of anilines is 1. The molecule has 2 aromatic rings. The van der Waals surface area contributed by atoms with Crippen molar-refractivity contribution >= 4 is 21.6 Å². The second kappa shape index (κ2) is 7.09. The first kappa shape index (κ1) is 13.8. The van der Waals surface area contributed by atoms with Gasteiger partial charge in [0.1, 0.15) is 12.4 Å². The van der Waals surface area contributed by atoms with Crippen molar-refractivity contribution in [2.45, 2.75) is 20.0 Å². The van der Waals surface area contributed by atoms with E-state index < -0.39 is 0 Å². The van der Waals surface area contributed by atoms with E-state index >= 15 is 0 Å². The molecule has 0 saturated carbocycles. The second-order valence-corrected chi connectivity index (χ2v) is 5.01. The number of ether oxygens (including phenoxy) is 1. The van der Waals surface area contributed by atoms with Crippen molar-refractivity contribution in [3.8, 4) is 5.75 Å². The zero-order valence-electron chi connectivity index (χ0n) is 10.8. The van der Waals surface area contributed by atoms with Crippen molar-refractivity contribution in [1.82, 2.24) is 9.97 Å². The molecule has 0 spiro atoms. The Kier molecular flexibility index (Phi) is 5.15. The number of hydrogen-bond acceptors (Lipinski definition) is 4. The van der Waals surface area contributed by atoms with Crippen LogP contribution in [-0.4, -0.2) is 16.5 Å². The van der Waals surface area contributed by atoms with Gasteiger partial charge >= 0.3 is 0 Å². The van der Waals surface area contributed by atoms with Crippen LogP contribution in [0.15, 0.2) is 41.3 Å². The van der Waals surface area contributed by atoms with Crippen LogP contribution in [0, 0.1) is 0 Å². The lowest BCUT2D eigenvalue weighted by Crippen LogP contribution is -2.03. The number of halogens is 1. The lowest BCUT2D eigenvalue weighted by molar-refractivity contribution is 0.300. The summed E-state index contributed by atoms with van der Waals surface area (Å²) in [6.07, 6.45) is 6.29. The highest BCUT2D eigenvalue weighted by atomic mass is 79.9.